The fourth-order valence-corrected chi connectivity index (χ4v) is 6.04. The summed E-state index contributed by atoms with van der Waals surface area (Å²) in [4.78, 5) is 0. The van der Waals surface area contributed by atoms with Gasteiger partial charge in [-0.15, -0.1) is 0 Å². The number of nitrogens with zero attached hydrogens (tertiary/aromatic N) is 2. The third kappa shape index (κ3) is 3.79. The Kier molecular flexibility index (Phi) is 6.65. The second-order valence-corrected chi connectivity index (χ2v) is 9.48. The molecule has 0 aliphatic carbocycles. The van der Waals surface area contributed by atoms with Gasteiger partial charge in [0.2, 0.25) is 0 Å². The maximum absolute atomic E-state index is 7.10. The zero-order valence-corrected chi connectivity index (χ0v) is 16.0. The van der Waals surface area contributed by atoms with Crippen LogP contribution in [0.4, 0.5) is 0 Å². The topological polar surface area (TPSA) is 23.8 Å². The van der Waals surface area contributed by atoms with E-state index in [2.05, 4.69) is 90.9 Å². The highest BCUT2D eigenvalue weighted by Gasteiger charge is 2.62. The third-order valence-corrected chi connectivity index (χ3v) is 4.02. The van der Waals surface area contributed by atoms with Crippen molar-refractivity contribution in [3.8, 4) is 5.97 Å². The molecule has 0 spiro atoms. The van der Waals surface area contributed by atoms with E-state index in [1.54, 1.807) is 0 Å². The van der Waals surface area contributed by atoms with Crippen molar-refractivity contribution >= 4 is 7.85 Å². The highest BCUT2D eigenvalue weighted by atomic mass is 15.5. The van der Waals surface area contributed by atoms with Crippen LogP contribution in [0.15, 0.2) is 0 Å². The molecule has 0 aromatic carbocycles. The molecule has 0 fully saturated rings. The molecule has 0 amide bonds. The summed E-state index contributed by atoms with van der Waals surface area (Å²) in [5, 5.41) is 7.10. The van der Waals surface area contributed by atoms with Gasteiger partial charge in [0.05, 0.1) is 22.2 Å². The molecular weight excluding hydrogens is 243 g/mol. The summed E-state index contributed by atoms with van der Waals surface area (Å²) in [7, 11) is 4.15. The third-order valence-electron chi connectivity index (χ3n) is 4.02. The monoisotopic (exact) mass is 279 g/mol. The molecule has 0 saturated carbocycles. The van der Waals surface area contributed by atoms with Crippen molar-refractivity contribution in [2.24, 2.45) is 0 Å². The number of nitriles is 1. The molecule has 0 aliphatic rings. The normalized spacial score (nSPS) is 14.2. The van der Waals surface area contributed by atoms with Gasteiger partial charge in [0.1, 0.15) is 0 Å². The Bertz CT molecular complexity index is 276. The maximum atomic E-state index is 7.10. The second-order valence-electron chi connectivity index (χ2n) is 9.48. The number of hydrogen-bond donors (Lipinski definition) is 0. The van der Waals surface area contributed by atoms with Gasteiger partial charge in [-0.25, -0.2) is 0 Å². The molecule has 2 nitrogen and oxygen atoms in total. The lowest BCUT2D eigenvalue weighted by atomic mass is 9.75. The van der Waals surface area contributed by atoms with Crippen molar-refractivity contribution in [2.75, 3.05) is 0 Å². The van der Waals surface area contributed by atoms with Gasteiger partial charge in [-0.2, -0.15) is 0 Å². The van der Waals surface area contributed by atoms with E-state index < -0.39 is 0 Å². The van der Waals surface area contributed by atoms with Gasteiger partial charge < -0.3 is 12.3 Å². The molecule has 0 heterocycles. The van der Waals surface area contributed by atoms with E-state index >= 15 is 0 Å². The van der Waals surface area contributed by atoms with Crippen LogP contribution in [-0.2, 0) is 0 Å². The Morgan fingerprint density at radius 3 is 0.700 bits per heavy atom. The fraction of sp³-hybridized carbons (Fsp3) is 0.941. The molecule has 0 aliphatic heterocycles. The molecule has 3 heteroatoms. The van der Waals surface area contributed by atoms with E-state index in [9.17, 15) is 0 Å². The van der Waals surface area contributed by atoms with Gasteiger partial charge in [-0.05, 0) is 83.1 Å². The van der Waals surface area contributed by atoms with E-state index in [4.69, 9.17) is 5.26 Å². The lowest BCUT2D eigenvalue weighted by Crippen LogP contribution is -2.82. The molecule has 0 N–H and O–H groups in total. The Balaban J connectivity index is 0. The minimum absolute atomic E-state index is 0.203. The summed E-state index contributed by atoms with van der Waals surface area (Å²) in [6, 6.07) is 0. The van der Waals surface area contributed by atoms with Crippen molar-refractivity contribution in [3.63, 3.8) is 0 Å². The van der Waals surface area contributed by atoms with Crippen LogP contribution in [-0.4, -0.2) is 34.5 Å². The Morgan fingerprint density at radius 1 is 0.600 bits per heavy atom. The van der Waals surface area contributed by atoms with Crippen LogP contribution in [0.1, 0.15) is 83.1 Å². The molecule has 117 valence electrons. The number of rotatable bonds is 0. The molecule has 0 unspecified atom stereocenters. The summed E-state index contributed by atoms with van der Waals surface area (Å²) >= 11 is 0. The molecule has 0 rings (SSSR count). The van der Waals surface area contributed by atoms with Crippen LogP contribution in [0.25, 0.3) is 0 Å². The SMILES string of the molecule is CC(C)(C)[N+](C(C)(C)C)(C(C)(C)C)C(C)(C)C.[B-]C#N. The standard InChI is InChI=1S/C16H36N.CBN/c1-13(2,3)17(14(4,5)6,15(7,8)9)16(10,11)12;2-1-3/h1-12H3;/q+1;-1. The van der Waals surface area contributed by atoms with Gasteiger partial charge in [0.15, 0.2) is 0 Å². The average Bonchev–Trinajstić information content (AvgIpc) is 1.90. The van der Waals surface area contributed by atoms with E-state index in [0.717, 1.165) is 4.48 Å². The smallest absolute Gasteiger partial charge is 0.0918 e. The first-order valence-electron chi connectivity index (χ1n) is 7.41. The zero-order chi connectivity index (χ0) is 17.2. The summed E-state index contributed by atoms with van der Waals surface area (Å²) in [5.41, 5.74) is 0.812. The minimum atomic E-state index is 0.203. The largest absolute Gasteiger partial charge is 0.466 e. The first kappa shape index (κ1) is 21.8. The highest BCUT2D eigenvalue weighted by molar-refractivity contribution is 6.20. The Labute approximate surface area is 129 Å². The highest BCUT2D eigenvalue weighted by Crippen LogP contribution is 2.50. The van der Waals surface area contributed by atoms with Crippen LogP contribution in [0.2, 0.25) is 0 Å². The fourth-order valence-electron chi connectivity index (χ4n) is 6.04. The Hall–Kier alpha value is -0.485. The summed E-state index contributed by atoms with van der Waals surface area (Å²) < 4.78 is 1.08. The van der Waals surface area contributed by atoms with Gasteiger partial charge in [0, 0.05) is 0 Å². The van der Waals surface area contributed by atoms with Crippen LogP contribution < -0.4 is 0 Å². The first-order chi connectivity index (χ1) is 8.41. The molecule has 20 heavy (non-hydrogen) atoms. The van der Waals surface area contributed by atoms with Crippen LogP contribution in [0.5, 0.6) is 0 Å². The zero-order valence-electron chi connectivity index (χ0n) is 16.0. The van der Waals surface area contributed by atoms with E-state index in [1.165, 1.54) is 5.97 Å². The minimum Gasteiger partial charge on any atom is -0.466 e. The Morgan fingerprint density at radius 2 is 0.700 bits per heavy atom. The molecule has 3 radical (unpaired) electrons. The van der Waals surface area contributed by atoms with Crippen molar-refractivity contribution in [3.05, 3.63) is 0 Å². The molecule has 0 aromatic heterocycles. The molecule has 0 bridgehead atoms. The van der Waals surface area contributed by atoms with E-state index in [0.29, 0.717) is 0 Å². The molecule has 0 saturated heterocycles. The maximum Gasteiger partial charge on any atom is 0.0918 e. The van der Waals surface area contributed by atoms with E-state index in [-0.39, 0.29) is 22.2 Å². The summed E-state index contributed by atoms with van der Waals surface area (Å²) in [6.45, 7) is 28.6. The summed E-state index contributed by atoms with van der Waals surface area (Å²) in [5.74, 6) is 1.25. The number of quaternary nitrogens is 1. The van der Waals surface area contributed by atoms with Gasteiger partial charge in [-0.1, -0.05) is 0 Å². The number of hydrogen-bond acceptors (Lipinski definition) is 1. The lowest BCUT2D eigenvalue weighted by Gasteiger charge is -2.70. The molecule has 0 aromatic rings. The molecular formula is C17H36BN2. The summed E-state index contributed by atoms with van der Waals surface area (Å²) in [6.07, 6.45) is 0. The van der Waals surface area contributed by atoms with Gasteiger partial charge >= 0.3 is 0 Å². The van der Waals surface area contributed by atoms with Crippen molar-refractivity contribution in [1.82, 2.24) is 0 Å². The van der Waals surface area contributed by atoms with E-state index in [1.807, 2.05) is 0 Å². The van der Waals surface area contributed by atoms with Gasteiger partial charge in [-0.3, -0.25) is 11.2 Å². The van der Waals surface area contributed by atoms with Crippen molar-refractivity contribution in [1.29, 1.82) is 5.26 Å². The predicted octanol–water partition coefficient (Wildman–Crippen LogP) is 4.63. The quantitative estimate of drug-likeness (QED) is 0.468. The van der Waals surface area contributed by atoms with Crippen LogP contribution in [0.3, 0.4) is 0 Å². The predicted molar refractivity (Wildman–Crippen MR) is 90.6 cm³/mol. The lowest BCUT2D eigenvalue weighted by molar-refractivity contribution is -1.08. The van der Waals surface area contributed by atoms with Crippen molar-refractivity contribution < 1.29 is 4.48 Å². The molecule has 0 atom stereocenters. The van der Waals surface area contributed by atoms with Crippen LogP contribution in [0, 0.1) is 11.2 Å². The first-order valence-corrected chi connectivity index (χ1v) is 7.41. The van der Waals surface area contributed by atoms with Gasteiger partial charge in [0.25, 0.3) is 0 Å². The average molecular weight is 279 g/mol. The second kappa shape index (κ2) is 6.10. The van der Waals surface area contributed by atoms with Crippen molar-refractivity contribution in [2.45, 2.75) is 105 Å². The van der Waals surface area contributed by atoms with Crippen LogP contribution >= 0.6 is 0 Å².